The van der Waals surface area contributed by atoms with Crippen LogP contribution in [0.5, 0.6) is 0 Å². The molecule has 1 saturated carbocycles. The van der Waals surface area contributed by atoms with Gasteiger partial charge in [-0.2, -0.15) is 0 Å². The first kappa shape index (κ1) is 29.4. The van der Waals surface area contributed by atoms with Gasteiger partial charge in [-0.25, -0.2) is 4.79 Å². The van der Waals surface area contributed by atoms with E-state index in [0.29, 0.717) is 12.0 Å². The van der Waals surface area contributed by atoms with Crippen LogP contribution < -0.4 is 0 Å². The van der Waals surface area contributed by atoms with Gasteiger partial charge in [-0.15, -0.1) is 0 Å². The maximum absolute atomic E-state index is 12.4. The average molecular weight is 511 g/mol. The van der Waals surface area contributed by atoms with Gasteiger partial charge in [0.05, 0.1) is 13.3 Å². The lowest BCUT2D eigenvalue weighted by Gasteiger charge is -2.28. The second-order valence-corrected chi connectivity index (χ2v) is 11.3. The highest BCUT2D eigenvalue weighted by Crippen LogP contribution is 2.34. The van der Waals surface area contributed by atoms with Gasteiger partial charge in [0.25, 0.3) is 0 Å². The summed E-state index contributed by atoms with van der Waals surface area (Å²) in [4.78, 5) is 11.5. The maximum Gasteiger partial charge on any atom is 0.333 e. The van der Waals surface area contributed by atoms with Gasteiger partial charge in [0, 0.05) is 18.1 Å². The second-order valence-electron chi connectivity index (χ2n) is 11.3. The number of hydrogen-bond donors (Lipinski definition) is 1. The Morgan fingerprint density at radius 1 is 0.946 bits per heavy atom. The van der Waals surface area contributed by atoms with Crippen LogP contribution in [0, 0.1) is 17.8 Å². The van der Waals surface area contributed by atoms with Crippen molar-refractivity contribution in [1.29, 1.82) is 0 Å². The molecule has 0 radical (unpaired) electrons. The van der Waals surface area contributed by atoms with Crippen LogP contribution in [0.25, 0.3) is 10.8 Å². The first-order valence-corrected chi connectivity index (χ1v) is 14.5. The molecule has 1 aliphatic rings. The summed E-state index contributed by atoms with van der Waals surface area (Å²) in [5.74, 6) is 1.34. The predicted molar refractivity (Wildman–Crippen MR) is 151 cm³/mol. The van der Waals surface area contributed by atoms with Crippen molar-refractivity contribution < 1.29 is 19.0 Å². The van der Waals surface area contributed by atoms with E-state index >= 15 is 0 Å². The van der Waals surface area contributed by atoms with Crippen molar-refractivity contribution in [3.63, 3.8) is 0 Å². The molecule has 0 spiro atoms. The monoisotopic (exact) mass is 510 g/mol. The maximum atomic E-state index is 12.4. The highest BCUT2D eigenvalue weighted by Gasteiger charge is 2.21. The van der Waals surface area contributed by atoms with E-state index in [1.54, 1.807) is 6.92 Å². The van der Waals surface area contributed by atoms with Crippen LogP contribution in [0.15, 0.2) is 48.6 Å². The van der Waals surface area contributed by atoms with E-state index in [4.69, 9.17) is 4.74 Å². The Bertz CT molecular complexity index is 977. The van der Waals surface area contributed by atoms with Gasteiger partial charge in [-0.3, -0.25) is 4.39 Å². The molecule has 3 rings (SSSR count). The highest BCUT2D eigenvalue weighted by molar-refractivity contribution is 5.87. The zero-order chi connectivity index (χ0) is 26.5. The molecule has 0 aromatic heterocycles. The smallest absolute Gasteiger partial charge is 0.333 e. The van der Waals surface area contributed by atoms with Gasteiger partial charge in [-0.1, -0.05) is 87.9 Å². The van der Waals surface area contributed by atoms with E-state index in [1.807, 2.05) is 0 Å². The number of alkyl halides is 1. The molecule has 0 bridgehead atoms. The lowest BCUT2D eigenvalue weighted by atomic mass is 9.77. The van der Waals surface area contributed by atoms with Gasteiger partial charge in [0.2, 0.25) is 0 Å². The van der Waals surface area contributed by atoms with E-state index in [2.05, 4.69) is 43.0 Å². The van der Waals surface area contributed by atoms with Crippen molar-refractivity contribution in [2.45, 2.75) is 90.4 Å². The van der Waals surface area contributed by atoms with Crippen molar-refractivity contribution in [3.8, 4) is 0 Å². The fourth-order valence-electron chi connectivity index (χ4n) is 5.67. The zero-order valence-electron chi connectivity index (χ0n) is 22.9. The Balaban J connectivity index is 1.31. The molecule has 37 heavy (non-hydrogen) atoms. The lowest BCUT2D eigenvalue weighted by molar-refractivity contribution is -0.140. The molecule has 3 nitrogen and oxygen atoms in total. The molecule has 4 heteroatoms. The van der Waals surface area contributed by atoms with Gasteiger partial charge >= 0.3 is 5.97 Å². The summed E-state index contributed by atoms with van der Waals surface area (Å²) in [6, 6.07) is 13.6. The SMILES string of the molecule is C=C(C)C(=O)OCC(CO)CCCCC1CCC(CCc2ccc3cc(CCCCF)ccc3c2)CC1. The van der Waals surface area contributed by atoms with Gasteiger partial charge < -0.3 is 9.84 Å². The molecule has 1 aliphatic carbocycles. The van der Waals surface area contributed by atoms with Crippen LogP contribution in [-0.4, -0.2) is 31.0 Å². The summed E-state index contributed by atoms with van der Waals surface area (Å²) >= 11 is 0. The number of aliphatic hydroxyl groups excluding tert-OH is 1. The van der Waals surface area contributed by atoms with Crippen molar-refractivity contribution >= 4 is 16.7 Å². The highest BCUT2D eigenvalue weighted by atomic mass is 19.1. The van der Waals surface area contributed by atoms with Gasteiger partial charge in [0.1, 0.15) is 0 Å². The Morgan fingerprint density at radius 2 is 1.57 bits per heavy atom. The minimum Gasteiger partial charge on any atom is -0.462 e. The molecule has 0 saturated heterocycles. The van der Waals surface area contributed by atoms with Crippen LogP contribution >= 0.6 is 0 Å². The topological polar surface area (TPSA) is 46.5 Å². The summed E-state index contributed by atoms with van der Waals surface area (Å²) in [6.07, 6.45) is 14.8. The number of carbonyl (C=O) groups is 1. The van der Waals surface area contributed by atoms with E-state index in [0.717, 1.165) is 43.9 Å². The number of ether oxygens (including phenoxy) is 1. The summed E-state index contributed by atoms with van der Waals surface area (Å²) < 4.78 is 17.6. The Hall–Kier alpha value is -2.20. The minimum atomic E-state index is -0.368. The lowest BCUT2D eigenvalue weighted by Crippen LogP contribution is -2.18. The molecule has 1 unspecified atom stereocenters. The third kappa shape index (κ3) is 10.2. The number of esters is 1. The van der Waals surface area contributed by atoms with Gasteiger partial charge in [0.15, 0.2) is 0 Å². The number of carbonyl (C=O) groups excluding carboxylic acids is 1. The van der Waals surface area contributed by atoms with Crippen LogP contribution in [-0.2, 0) is 22.4 Å². The molecule has 2 aromatic rings. The number of benzene rings is 2. The van der Waals surface area contributed by atoms with Crippen molar-refractivity contribution in [2.75, 3.05) is 19.9 Å². The van der Waals surface area contributed by atoms with Crippen LogP contribution in [0.2, 0.25) is 0 Å². The Labute approximate surface area is 223 Å². The normalized spacial score (nSPS) is 18.6. The summed E-state index contributed by atoms with van der Waals surface area (Å²) in [5, 5.41) is 12.2. The standard InChI is InChI=1S/C33H47FO3/c1-25(2)33(36)37-24-30(23-35)9-4-3-7-26-10-12-27(13-11-26)14-15-29-17-19-31-21-28(8-5-6-20-34)16-18-32(31)22-29/h16-19,21-22,26-27,30,35H,1,3-15,20,23-24H2,2H3. The minimum absolute atomic E-state index is 0.0311. The molecule has 1 N–H and O–H groups in total. The van der Waals surface area contributed by atoms with Crippen molar-refractivity contribution in [2.24, 2.45) is 17.8 Å². The largest absolute Gasteiger partial charge is 0.462 e. The van der Waals surface area contributed by atoms with E-state index < -0.39 is 0 Å². The Morgan fingerprint density at radius 3 is 2.16 bits per heavy atom. The number of aliphatic hydroxyl groups is 1. The number of halogens is 1. The summed E-state index contributed by atoms with van der Waals surface area (Å²) in [6.45, 7) is 5.37. The predicted octanol–water partition coefficient (Wildman–Crippen LogP) is 8.16. The third-order valence-corrected chi connectivity index (χ3v) is 8.16. The van der Waals surface area contributed by atoms with E-state index in [1.165, 1.54) is 66.8 Å². The molecule has 1 fully saturated rings. The first-order valence-electron chi connectivity index (χ1n) is 14.5. The van der Waals surface area contributed by atoms with Crippen molar-refractivity contribution in [3.05, 3.63) is 59.7 Å². The summed E-state index contributed by atoms with van der Waals surface area (Å²) in [7, 11) is 0. The molecular formula is C33H47FO3. The number of aryl methyl sites for hydroxylation is 2. The number of hydrogen-bond acceptors (Lipinski definition) is 3. The summed E-state index contributed by atoms with van der Waals surface area (Å²) in [5.41, 5.74) is 3.15. The molecule has 204 valence electrons. The fraction of sp³-hybridized carbons (Fsp3) is 0.606. The molecule has 1 atom stereocenters. The zero-order valence-corrected chi connectivity index (χ0v) is 22.9. The van der Waals surface area contributed by atoms with E-state index in [-0.39, 0.29) is 31.8 Å². The molecule has 0 amide bonds. The van der Waals surface area contributed by atoms with Crippen LogP contribution in [0.4, 0.5) is 4.39 Å². The van der Waals surface area contributed by atoms with Crippen molar-refractivity contribution in [1.82, 2.24) is 0 Å². The van der Waals surface area contributed by atoms with Crippen LogP contribution in [0.1, 0.15) is 88.7 Å². The first-order chi connectivity index (χ1) is 18.0. The molecule has 0 aliphatic heterocycles. The third-order valence-electron chi connectivity index (χ3n) is 8.16. The fourth-order valence-corrected chi connectivity index (χ4v) is 5.67. The van der Waals surface area contributed by atoms with Gasteiger partial charge in [-0.05, 0) is 79.2 Å². The molecule has 0 heterocycles. The number of unbranched alkanes of at least 4 members (excludes halogenated alkanes) is 2. The second kappa shape index (κ2) is 15.9. The molecular weight excluding hydrogens is 463 g/mol. The van der Waals surface area contributed by atoms with E-state index in [9.17, 15) is 14.3 Å². The Kier molecular flexibility index (Phi) is 12.6. The quantitative estimate of drug-likeness (QED) is 0.141. The molecule has 2 aromatic carbocycles. The van der Waals surface area contributed by atoms with Crippen LogP contribution in [0.3, 0.4) is 0 Å². The number of rotatable bonds is 16. The average Bonchev–Trinajstić information content (AvgIpc) is 2.92. The number of fused-ring (bicyclic) bond motifs is 1.